The Kier molecular flexibility index (Phi) is 6.21. The normalized spacial score (nSPS) is 17.6. The lowest BCUT2D eigenvalue weighted by molar-refractivity contribution is 0.354. The third kappa shape index (κ3) is 4.77. The van der Waals surface area contributed by atoms with Crippen molar-refractivity contribution in [1.29, 1.82) is 0 Å². The lowest BCUT2D eigenvalue weighted by Crippen LogP contribution is -2.43. The van der Waals surface area contributed by atoms with Crippen molar-refractivity contribution in [3.05, 3.63) is 60.7 Å². The van der Waals surface area contributed by atoms with E-state index in [1.807, 2.05) is 24.7 Å². The van der Waals surface area contributed by atoms with Gasteiger partial charge in [0.05, 0.1) is 5.69 Å². The van der Waals surface area contributed by atoms with Gasteiger partial charge in [0.15, 0.2) is 0 Å². The highest BCUT2D eigenvalue weighted by molar-refractivity contribution is 5.81. The molecule has 1 aliphatic heterocycles. The van der Waals surface area contributed by atoms with Gasteiger partial charge in [-0.05, 0) is 42.7 Å². The maximum Gasteiger partial charge on any atom is 0.129 e. The van der Waals surface area contributed by atoms with E-state index >= 15 is 0 Å². The molecular formula is C26H31N5. The van der Waals surface area contributed by atoms with Gasteiger partial charge in [0.25, 0.3) is 0 Å². The third-order valence-corrected chi connectivity index (χ3v) is 6.61. The van der Waals surface area contributed by atoms with E-state index in [-0.39, 0.29) is 0 Å². The highest BCUT2D eigenvalue weighted by Gasteiger charge is 2.18. The maximum atomic E-state index is 5.17. The van der Waals surface area contributed by atoms with E-state index in [9.17, 15) is 0 Å². The molecule has 0 unspecified atom stereocenters. The van der Waals surface area contributed by atoms with Gasteiger partial charge in [0, 0.05) is 67.2 Å². The number of aromatic nitrogens is 3. The lowest BCUT2D eigenvalue weighted by Gasteiger charge is -2.29. The van der Waals surface area contributed by atoms with Crippen LogP contribution in [0.25, 0.3) is 22.4 Å². The number of piperazine rings is 1. The zero-order valence-electron chi connectivity index (χ0n) is 18.1. The SMILES string of the molecule is c1cncc(-c2ccc(N3CCNCC3)nc2-c2ccnc(CC3CCCCC3)c2)c1. The van der Waals surface area contributed by atoms with Gasteiger partial charge >= 0.3 is 0 Å². The van der Waals surface area contributed by atoms with Crippen LogP contribution in [-0.4, -0.2) is 41.1 Å². The zero-order chi connectivity index (χ0) is 20.9. The summed E-state index contributed by atoms with van der Waals surface area (Å²) < 4.78 is 0. The monoisotopic (exact) mass is 413 g/mol. The van der Waals surface area contributed by atoms with Gasteiger partial charge in [0.2, 0.25) is 0 Å². The Bertz CT molecular complexity index is 992. The van der Waals surface area contributed by atoms with Gasteiger partial charge in [-0.2, -0.15) is 0 Å². The Balaban J connectivity index is 1.51. The minimum atomic E-state index is 0.773. The molecular weight excluding hydrogens is 382 g/mol. The molecule has 1 saturated heterocycles. The van der Waals surface area contributed by atoms with Crippen LogP contribution in [0.1, 0.15) is 37.8 Å². The highest BCUT2D eigenvalue weighted by atomic mass is 15.2. The van der Waals surface area contributed by atoms with Crippen molar-refractivity contribution in [3.63, 3.8) is 0 Å². The second kappa shape index (κ2) is 9.56. The van der Waals surface area contributed by atoms with Crippen LogP contribution in [0.15, 0.2) is 55.0 Å². The molecule has 0 amide bonds. The van der Waals surface area contributed by atoms with Crippen LogP contribution in [0.5, 0.6) is 0 Å². The van der Waals surface area contributed by atoms with Crippen LogP contribution >= 0.6 is 0 Å². The maximum absolute atomic E-state index is 5.17. The van der Waals surface area contributed by atoms with Crippen LogP contribution in [0, 0.1) is 5.92 Å². The molecule has 0 atom stereocenters. The van der Waals surface area contributed by atoms with E-state index in [4.69, 9.17) is 9.97 Å². The second-order valence-corrected chi connectivity index (χ2v) is 8.79. The summed E-state index contributed by atoms with van der Waals surface area (Å²) in [7, 11) is 0. The van der Waals surface area contributed by atoms with Crippen molar-refractivity contribution >= 4 is 5.82 Å². The highest BCUT2D eigenvalue weighted by Crippen LogP contribution is 2.33. The molecule has 0 spiro atoms. The zero-order valence-corrected chi connectivity index (χ0v) is 18.1. The van der Waals surface area contributed by atoms with Crippen LogP contribution in [0.2, 0.25) is 0 Å². The number of nitrogens with one attached hydrogen (secondary N) is 1. The summed E-state index contributed by atoms with van der Waals surface area (Å²) >= 11 is 0. The summed E-state index contributed by atoms with van der Waals surface area (Å²) in [5, 5.41) is 3.43. The first kappa shape index (κ1) is 20.1. The van der Waals surface area contributed by atoms with Gasteiger partial charge in [-0.1, -0.05) is 38.2 Å². The molecule has 1 saturated carbocycles. The van der Waals surface area contributed by atoms with Crippen molar-refractivity contribution in [1.82, 2.24) is 20.3 Å². The Morgan fingerprint density at radius 2 is 1.81 bits per heavy atom. The molecule has 3 aromatic rings. The lowest BCUT2D eigenvalue weighted by atomic mass is 9.86. The minimum absolute atomic E-state index is 0.773. The van der Waals surface area contributed by atoms with E-state index in [0.29, 0.717) is 0 Å². The third-order valence-electron chi connectivity index (χ3n) is 6.61. The summed E-state index contributed by atoms with van der Waals surface area (Å²) in [6.45, 7) is 3.98. The first-order chi connectivity index (χ1) is 15.4. The minimum Gasteiger partial charge on any atom is -0.354 e. The molecule has 1 N–H and O–H groups in total. The number of nitrogens with zero attached hydrogens (tertiary/aromatic N) is 4. The van der Waals surface area contributed by atoms with Gasteiger partial charge in [-0.25, -0.2) is 4.98 Å². The number of hydrogen-bond donors (Lipinski definition) is 1. The summed E-state index contributed by atoms with van der Waals surface area (Å²) in [5.74, 6) is 1.82. The molecule has 5 heteroatoms. The molecule has 1 aliphatic carbocycles. The van der Waals surface area contributed by atoms with Crippen LogP contribution in [0.4, 0.5) is 5.82 Å². The predicted octanol–water partition coefficient (Wildman–Crippen LogP) is 4.74. The van der Waals surface area contributed by atoms with E-state index in [1.165, 1.54) is 37.8 Å². The summed E-state index contributed by atoms with van der Waals surface area (Å²) in [6.07, 6.45) is 13.6. The molecule has 2 aliphatic rings. The van der Waals surface area contributed by atoms with E-state index in [2.05, 4.69) is 45.5 Å². The fourth-order valence-corrected chi connectivity index (χ4v) is 4.92. The molecule has 5 rings (SSSR count). The van der Waals surface area contributed by atoms with Gasteiger partial charge in [-0.3, -0.25) is 9.97 Å². The fraction of sp³-hybridized carbons (Fsp3) is 0.423. The van der Waals surface area contributed by atoms with E-state index in [0.717, 1.165) is 66.7 Å². The van der Waals surface area contributed by atoms with Crippen LogP contribution in [0.3, 0.4) is 0 Å². The van der Waals surface area contributed by atoms with Crippen molar-refractivity contribution in [2.45, 2.75) is 38.5 Å². The number of pyridine rings is 3. The van der Waals surface area contributed by atoms with Crippen molar-refractivity contribution in [2.75, 3.05) is 31.1 Å². The van der Waals surface area contributed by atoms with Crippen molar-refractivity contribution in [3.8, 4) is 22.4 Å². The first-order valence-corrected chi connectivity index (χ1v) is 11.7. The smallest absolute Gasteiger partial charge is 0.129 e. The number of anilines is 1. The van der Waals surface area contributed by atoms with Crippen LogP contribution < -0.4 is 10.2 Å². The molecule has 2 fully saturated rings. The largest absolute Gasteiger partial charge is 0.354 e. The molecule has 0 aromatic carbocycles. The van der Waals surface area contributed by atoms with E-state index in [1.54, 1.807) is 0 Å². The molecule has 31 heavy (non-hydrogen) atoms. The molecule has 3 aromatic heterocycles. The summed E-state index contributed by atoms with van der Waals surface area (Å²) in [6, 6.07) is 12.8. The molecule has 4 heterocycles. The van der Waals surface area contributed by atoms with Gasteiger partial charge in [-0.15, -0.1) is 0 Å². The van der Waals surface area contributed by atoms with Crippen molar-refractivity contribution in [2.24, 2.45) is 5.92 Å². The Labute approximate surface area is 185 Å². The number of hydrogen-bond acceptors (Lipinski definition) is 5. The molecule has 0 bridgehead atoms. The standard InChI is InChI=1S/C26H31N5/c1-2-5-20(6-3-1)17-23-18-21(10-12-29-23)26-24(22-7-4-11-28-19-22)8-9-25(30-26)31-15-13-27-14-16-31/h4,7-12,18-20,27H,1-3,5-6,13-17H2. The predicted molar refractivity (Wildman–Crippen MR) is 126 cm³/mol. The van der Waals surface area contributed by atoms with Crippen molar-refractivity contribution < 1.29 is 0 Å². The summed E-state index contributed by atoms with van der Waals surface area (Å²) in [4.78, 5) is 16.6. The Morgan fingerprint density at radius 1 is 0.935 bits per heavy atom. The fourth-order valence-electron chi connectivity index (χ4n) is 4.92. The second-order valence-electron chi connectivity index (χ2n) is 8.79. The topological polar surface area (TPSA) is 53.9 Å². The molecule has 5 nitrogen and oxygen atoms in total. The van der Waals surface area contributed by atoms with Crippen LogP contribution in [-0.2, 0) is 6.42 Å². The summed E-state index contributed by atoms with van der Waals surface area (Å²) in [5.41, 5.74) is 5.59. The average Bonchev–Trinajstić information content (AvgIpc) is 2.86. The Morgan fingerprint density at radius 3 is 2.61 bits per heavy atom. The number of rotatable bonds is 5. The Hall–Kier alpha value is -2.79. The van der Waals surface area contributed by atoms with Gasteiger partial charge < -0.3 is 10.2 Å². The average molecular weight is 414 g/mol. The van der Waals surface area contributed by atoms with Gasteiger partial charge in [0.1, 0.15) is 5.82 Å². The first-order valence-electron chi connectivity index (χ1n) is 11.7. The van der Waals surface area contributed by atoms with E-state index < -0.39 is 0 Å². The quantitative estimate of drug-likeness (QED) is 0.655. The molecule has 0 radical (unpaired) electrons. The molecule has 160 valence electrons.